The van der Waals surface area contributed by atoms with Gasteiger partial charge in [0.2, 0.25) is 11.2 Å². The lowest BCUT2D eigenvalue weighted by molar-refractivity contribution is 0.126. The highest BCUT2D eigenvalue weighted by Gasteiger charge is 2.19. The molecule has 6 heteroatoms. The topological polar surface area (TPSA) is 35.0 Å². The summed E-state index contributed by atoms with van der Waals surface area (Å²) >= 11 is 5.70. The van der Waals surface area contributed by atoms with Crippen LogP contribution in [0.5, 0.6) is 5.88 Å². The summed E-state index contributed by atoms with van der Waals surface area (Å²) in [6.45, 7) is 5.39. The minimum absolute atomic E-state index is 0.0596. The van der Waals surface area contributed by atoms with Gasteiger partial charge in [-0.05, 0) is 38.4 Å². The second-order valence-corrected chi connectivity index (χ2v) is 5.13. The first-order chi connectivity index (χ1) is 8.26. The van der Waals surface area contributed by atoms with Crippen LogP contribution in [0.25, 0.3) is 10.9 Å². The number of aromatic nitrogens is 2. The molecule has 0 radical (unpaired) electrons. The maximum atomic E-state index is 13.6. The molecule has 0 amide bonds. The maximum absolute atomic E-state index is 13.6. The Labute approximate surface area is 108 Å². The van der Waals surface area contributed by atoms with Crippen LogP contribution in [0.15, 0.2) is 12.1 Å². The van der Waals surface area contributed by atoms with Crippen molar-refractivity contribution in [3.8, 4) is 5.88 Å². The van der Waals surface area contributed by atoms with Gasteiger partial charge in [0.05, 0.1) is 5.39 Å². The fraction of sp³-hybridized carbons (Fsp3) is 0.333. The minimum Gasteiger partial charge on any atom is -0.471 e. The molecule has 96 valence electrons. The van der Waals surface area contributed by atoms with E-state index in [0.29, 0.717) is 0 Å². The predicted octanol–water partition coefficient (Wildman–Crippen LogP) is 3.74. The molecule has 0 spiro atoms. The van der Waals surface area contributed by atoms with Crippen LogP contribution in [0.4, 0.5) is 8.78 Å². The minimum atomic E-state index is -0.798. The van der Waals surface area contributed by atoms with Crippen molar-refractivity contribution < 1.29 is 13.5 Å². The third kappa shape index (κ3) is 2.67. The van der Waals surface area contributed by atoms with E-state index in [4.69, 9.17) is 16.3 Å². The van der Waals surface area contributed by atoms with E-state index in [-0.39, 0.29) is 22.1 Å². The van der Waals surface area contributed by atoms with Crippen LogP contribution in [0, 0.1) is 11.6 Å². The van der Waals surface area contributed by atoms with Gasteiger partial charge in [0, 0.05) is 6.07 Å². The van der Waals surface area contributed by atoms with Gasteiger partial charge in [-0.2, -0.15) is 4.98 Å². The van der Waals surface area contributed by atoms with E-state index in [2.05, 4.69) is 9.97 Å². The van der Waals surface area contributed by atoms with E-state index >= 15 is 0 Å². The fourth-order valence-electron chi connectivity index (χ4n) is 1.47. The number of rotatable bonds is 1. The van der Waals surface area contributed by atoms with Crippen LogP contribution >= 0.6 is 11.6 Å². The van der Waals surface area contributed by atoms with Gasteiger partial charge in [-0.3, -0.25) is 0 Å². The van der Waals surface area contributed by atoms with Crippen LogP contribution in [0.3, 0.4) is 0 Å². The lowest BCUT2D eigenvalue weighted by Crippen LogP contribution is -2.23. The summed E-state index contributed by atoms with van der Waals surface area (Å²) in [5, 5.41) is 0.0130. The molecule has 0 aliphatic heterocycles. The van der Waals surface area contributed by atoms with Crippen molar-refractivity contribution in [3.05, 3.63) is 29.1 Å². The van der Waals surface area contributed by atoms with Crippen molar-refractivity contribution in [1.82, 2.24) is 9.97 Å². The van der Waals surface area contributed by atoms with Crippen LogP contribution in [-0.4, -0.2) is 15.6 Å². The van der Waals surface area contributed by atoms with Crippen LogP contribution in [-0.2, 0) is 0 Å². The van der Waals surface area contributed by atoms with Crippen molar-refractivity contribution in [1.29, 1.82) is 0 Å². The highest BCUT2D eigenvalue weighted by atomic mass is 35.5. The van der Waals surface area contributed by atoms with Gasteiger partial charge >= 0.3 is 0 Å². The molecular formula is C12H11ClF2N2O. The molecule has 0 saturated heterocycles. The molecule has 3 nitrogen and oxygen atoms in total. The summed E-state index contributed by atoms with van der Waals surface area (Å²) in [6.07, 6.45) is 0. The number of halogens is 3. The van der Waals surface area contributed by atoms with Gasteiger partial charge in [-0.25, -0.2) is 13.8 Å². The Morgan fingerprint density at radius 2 is 1.83 bits per heavy atom. The van der Waals surface area contributed by atoms with Gasteiger partial charge in [0.25, 0.3) is 0 Å². The monoisotopic (exact) mass is 272 g/mol. The Balaban J connectivity index is 2.72. The van der Waals surface area contributed by atoms with E-state index < -0.39 is 17.2 Å². The van der Waals surface area contributed by atoms with Crippen LogP contribution in [0.2, 0.25) is 5.28 Å². The number of hydrogen-bond acceptors (Lipinski definition) is 3. The lowest BCUT2D eigenvalue weighted by atomic mass is 10.2. The van der Waals surface area contributed by atoms with Crippen molar-refractivity contribution in [2.24, 2.45) is 0 Å². The third-order valence-electron chi connectivity index (χ3n) is 2.06. The zero-order chi connectivity index (χ0) is 13.5. The lowest BCUT2D eigenvalue weighted by Gasteiger charge is -2.21. The van der Waals surface area contributed by atoms with Crippen molar-refractivity contribution >= 4 is 22.5 Å². The zero-order valence-electron chi connectivity index (χ0n) is 10.1. The molecule has 0 aliphatic rings. The third-order valence-corrected chi connectivity index (χ3v) is 2.23. The van der Waals surface area contributed by atoms with Gasteiger partial charge < -0.3 is 4.74 Å². The van der Waals surface area contributed by atoms with Crippen LogP contribution < -0.4 is 4.74 Å². The molecule has 0 bridgehead atoms. The predicted molar refractivity (Wildman–Crippen MR) is 64.8 cm³/mol. The number of benzene rings is 1. The van der Waals surface area contributed by atoms with E-state index in [1.807, 2.05) is 0 Å². The average molecular weight is 273 g/mol. The molecular weight excluding hydrogens is 262 g/mol. The Bertz CT molecular complexity index is 611. The van der Waals surface area contributed by atoms with Crippen molar-refractivity contribution in [2.45, 2.75) is 26.4 Å². The SMILES string of the molecule is CC(C)(C)Oc1nc(Cl)nc2c(F)cc(F)cc12. The van der Waals surface area contributed by atoms with Crippen LogP contribution in [0.1, 0.15) is 20.8 Å². The first-order valence-electron chi connectivity index (χ1n) is 5.27. The highest BCUT2D eigenvalue weighted by Crippen LogP contribution is 2.29. The number of nitrogens with zero attached hydrogens (tertiary/aromatic N) is 2. The summed E-state index contributed by atoms with van der Waals surface area (Å²) in [4.78, 5) is 7.61. The molecule has 18 heavy (non-hydrogen) atoms. The second kappa shape index (κ2) is 4.31. The summed E-state index contributed by atoms with van der Waals surface area (Å²) in [5.41, 5.74) is -0.622. The molecule has 2 rings (SSSR count). The molecule has 0 aliphatic carbocycles. The quantitative estimate of drug-likeness (QED) is 0.742. The Hall–Kier alpha value is -1.49. The Kier molecular flexibility index (Phi) is 3.11. The fourth-order valence-corrected chi connectivity index (χ4v) is 1.63. The number of ether oxygens (including phenoxy) is 1. The molecule has 1 aromatic carbocycles. The standard InChI is InChI=1S/C12H11ClF2N2O/c1-12(2,3)18-10-7-4-6(14)5-8(15)9(7)16-11(13)17-10/h4-5H,1-3H3. The number of hydrogen-bond donors (Lipinski definition) is 0. The molecule has 1 aromatic heterocycles. The van der Waals surface area contributed by atoms with E-state index in [0.717, 1.165) is 12.1 Å². The van der Waals surface area contributed by atoms with Crippen molar-refractivity contribution in [2.75, 3.05) is 0 Å². The highest BCUT2D eigenvalue weighted by molar-refractivity contribution is 6.28. The Morgan fingerprint density at radius 1 is 1.17 bits per heavy atom. The average Bonchev–Trinajstić information content (AvgIpc) is 2.17. The summed E-state index contributed by atoms with van der Waals surface area (Å²) in [7, 11) is 0. The van der Waals surface area contributed by atoms with Gasteiger partial charge in [-0.15, -0.1) is 0 Å². The first-order valence-corrected chi connectivity index (χ1v) is 5.65. The second-order valence-electron chi connectivity index (χ2n) is 4.80. The van der Waals surface area contributed by atoms with E-state index in [1.165, 1.54) is 0 Å². The maximum Gasteiger partial charge on any atom is 0.226 e. The molecule has 0 N–H and O–H groups in total. The largest absolute Gasteiger partial charge is 0.471 e. The van der Waals surface area contributed by atoms with E-state index in [1.54, 1.807) is 20.8 Å². The molecule has 0 fully saturated rings. The smallest absolute Gasteiger partial charge is 0.226 e. The molecule has 0 saturated carbocycles. The normalized spacial score (nSPS) is 11.9. The molecule has 0 atom stereocenters. The molecule has 0 unspecified atom stereocenters. The molecule has 1 heterocycles. The van der Waals surface area contributed by atoms with Gasteiger partial charge in [0.15, 0.2) is 5.82 Å². The summed E-state index contributed by atoms with van der Waals surface area (Å²) in [6, 6.07) is 1.86. The molecule has 2 aromatic rings. The first kappa shape index (κ1) is 13.0. The summed E-state index contributed by atoms with van der Waals surface area (Å²) < 4.78 is 32.4. The van der Waals surface area contributed by atoms with Gasteiger partial charge in [-0.1, -0.05) is 0 Å². The Morgan fingerprint density at radius 3 is 2.44 bits per heavy atom. The van der Waals surface area contributed by atoms with Crippen molar-refractivity contribution in [3.63, 3.8) is 0 Å². The zero-order valence-corrected chi connectivity index (χ0v) is 10.8. The van der Waals surface area contributed by atoms with Gasteiger partial charge in [0.1, 0.15) is 16.9 Å². The number of fused-ring (bicyclic) bond motifs is 1. The summed E-state index contributed by atoms with van der Waals surface area (Å²) in [5.74, 6) is -1.45. The van der Waals surface area contributed by atoms with E-state index in [9.17, 15) is 8.78 Å².